The Balaban J connectivity index is 2.06. The van der Waals surface area contributed by atoms with Gasteiger partial charge in [-0.15, -0.1) is 0 Å². The second-order valence-electron chi connectivity index (χ2n) is 9.90. The lowest BCUT2D eigenvalue weighted by molar-refractivity contribution is -0.140. The normalized spacial score (nSPS) is 12.8. The SMILES string of the molecule is CC[C@@H](C)NC(=O)[C@H](Cc1ccccc1)N(Cc1ccc(C)cc1)C(=O)CN(c1ccc(Cl)c(Cl)c1)S(C)(=O)=O. The van der Waals surface area contributed by atoms with E-state index in [2.05, 4.69) is 5.32 Å². The maximum absolute atomic E-state index is 14.1. The van der Waals surface area contributed by atoms with Crippen molar-refractivity contribution < 1.29 is 18.0 Å². The van der Waals surface area contributed by atoms with Crippen LogP contribution in [0, 0.1) is 6.92 Å². The Morgan fingerprint density at radius 2 is 1.57 bits per heavy atom. The number of benzene rings is 3. The van der Waals surface area contributed by atoms with Crippen LogP contribution in [0.3, 0.4) is 0 Å². The highest BCUT2D eigenvalue weighted by molar-refractivity contribution is 7.92. The van der Waals surface area contributed by atoms with Gasteiger partial charge in [0.1, 0.15) is 12.6 Å². The fraction of sp³-hybridized carbons (Fsp3) is 0.333. The average Bonchev–Trinajstić information content (AvgIpc) is 2.91. The summed E-state index contributed by atoms with van der Waals surface area (Å²) in [5, 5.41) is 3.43. The Morgan fingerprint density at radius 3 is 2.15 bits per heavy atom. The summed E-state index contributed by atoms with van der Waals surface area (Å²) >= 11 is 12.2. The number of nitrogens with zero attached hydrogens (tertiary/aromatic N) is 2. The minimum absolute atomic E-state index is 0.106. The number of nitrogens with one attached hydrogen (secondary N) is 1. The number of hydrogen-bond donors (Lipinski definition) is 1. The second-order valence-corrected chi connectivity index (χ2v) is 12.6. The molecular formula is C30H35Cl2N3O4S. The fourth-order valence-corrected chi connectivity index (χ4v) is 5.27. The summed E-state index contributed by atoms with van der Waals surface area (Å²) in [4.78, 5) is 29.2. The molecule has 10 heteroatoms. The molecule has 0 aliphatic rings. The molecule has 0 aromatic heterocycles. The van der Waals surface area contributed by atoms with Gasteiger partial charge in [0.15, 0.2) is 0 Å². The Labute approximate surface area is 247 Å². The third-order valence-corrected chi connectivity index (χ3v) is 8.50. The molecule has 1 N–H and O–H groups in total. The van der Waals surface area contributed by atoms with Crippen molar-refractivity contribution in [2.24, 2.45) is 0 Å². The molecule has 3 aromatic carbocycles. The zero-order chi connectivity index (χ0) is 29.4. The van der Waals surface area contributed by atoms with Crippen LogP contribution in [0.4, 0.5) is 5.69 Å². The molecule has 0 spiro atoms. The van der Waals surface area contributed by atoms with E-state index in [1.165, 1.54) is 23.1 Å². The quantitative estimate of drug-likeness (QED) is 0.291. The average molecular weight is 605 g/mol. The van der Waals surface area contributed by atoms with Crippen molar-refractivity contribution in [3.8, 4) is 0 Å². The number of aryl methyl sites for hydroxylation is 1. The molecule has 0 aliphatic carbocycles. The summed E-state index contributed by atoms with van der Waals surface area (Å²) in [6, 6.07) is 20.5. The topological polar surface area (TPSA) is 86.8 Å². The van der Waals surface area contributed by atoms with Crippen LogP contribution >= 0.6 is 23.2 Å². The number of rotatable bonds is 12. The number of hydrogen-bond acceptors (Lipinski definition) is 4. The molecule has 0 heterocycles. The Hall–Kier alpha value is -3.07. The molecule has 40 heavy (non-hydrogen) atoms. The minimum Gasteiger partial charge on any atom is -0.352 e. The van der Waals surface area contributed by atoms with Gasteiger partial charge in [-0.3, -0.25) is 13.9 Å². The van der Waals surface area contributed by atoms with Crippen molar-refractivity contribution in [1.82, 2.24) is 10.2 Å². The molecule has 2 amide bonds. The number of amides is 2. The van der Waals surface area contributed by atoms with Crippen molar-refractivity contribution in [1.29, 1.82) is 0 Å². The van der Waals surface area contributed by atoms with E-state index < -0.39 is 28.5 Å². The van der Waals surface area contributed by atoms with Crippen molar-refractivity contribution in [2.75, 3.05) is 17.1 Å². The predicted molar refractivity (Wildman–Crippen MR) is 162 cm³/mol. The molecule has 0 unspecified atom stereocenters. The molecule has 214 valence electrons. The van der Waals surface area contributed by atoms with Crippen LogP contribution in [-0.4, -0.2) is 50.0 Å². The summed E-state index contributed by atoms with van der Waals surface area (Å²) in [6.07, 6.45) is 1.99. The summed E-state index contributed by atoms with van der Waals surface area (Å²) in [5.74, 6) is -0.837. The van der Waals surface area contributed by atoms with Crippen LogP contribution in [-0.2, 0) is 32.6 Å². The first kappa shape index (κ1) is 31.5. The molecule has 7 nitrogen and oxygen atoms in total. The molecule has 0 bridgehead atoms. The summed E-state index contributed by atoms with van der Waals surface area (Å²) in [5.41, 5.74) is 2.94. The lowest BCUT2D eigenvalue weighted by Crippen LogP contribution is -2.54. The number of carbonyl (C=O) groups excluding carboxylic acids is 2. The monoisotopic (exact) mass is 603 g/mol. The first-order valence-electron chi connectivity index (χ1n) is 13.0. The fourth-order valence-electron chi connectivity index (χ4n) is 4.14. The van der Waals surface area contributed by atoms with E-state index in [4.69, 9.17) is 23.2 Å². The third-order valence-electron chi connectivity index (χ3n) is 6.62. The number of anilines is 1. The minimum atomic E-state index is -3.90. The van der Waals surface area contributed by atoms with Gasteiger partial charge >= 0.3 is 0 Å². The van der Waals surface area contributed by atoms with E-state index in [-0.39, 0.29) is 40.6 Å². The van der Waals surface area contributed by atoms with E-state index >= 15 is 0 Å². The van der Waals surface area contributed by atoms with Gasteiger partial charge in [0.25, 0.3) is 0 Å². The van der Waals surface area contributed by atoms with Crippen LogP contribution in [0.1, 0.15) is 37.0 Å². The number of carbonyl (C=O) groups is 2. The van der Waals surface area contributed by atoms with Gasteiger partial charge in [0.05, 0.1) is 22.0 Å². The van der Waals surface area contributed by atoms with Crippen molar-refractivity contribution >= 4 is 50.7 Å². The highest BCUT2D eigenvalue weighted by atomic mass is 35.5. The van der Waals surface area contributed by atoms with Crippen LogP contribution < -0.4 is 9.62 Å². The van der Waals surface area contributed by atoms with Gasteiger partial charge in [0.2, 0.25) is 21.8 Å². The van der Waals surface area contributed by atoms with Gasteiger partial charge in [-0.05, 0) is 49.6 Å². The molecule has 3 aromatic rings. The van der Waals surface area contributed by atoms with E-state index in [0.29, 0.717) is 0 Å². The summed E-state index contributed by atoms with van der Waals surface area (Å²) in [6.45, 7) is 5.42. The lowest BCUT2D eigenvalue weighted by atomic mass is 10.0. The molecule has 0 aliphatic heterocycles. The second kappa shape index (κ2) is 14.0. The van der Waals surface area contributed by atoms with Crippen LogP contribution in [0.15, 0.2) is 72.8 Å². The van der Waals surface area contributed by atoms with Crippen LogP contribution in [0.5, 0.6) is 0 Å². The number of halogens is 2. The third kappa shape index (κ3) is 8.71. The first-order chi connectivity index (χ1) is 18.9. The molecule has 0 radical (unpaired) electrons. The number of sulfonamides is 1. The molecule has 0 fully saturated rings. The van der Waals surface area contributed by atoms with Gasteiger partial charge in [-0.1, -0.05) is 90.3 Å². The zero-order valence-electron chi connectivity index (χ0n) is 23.1. The van der Waals surface area contributed by atoms with E-state index in [9.17, 15) is 18.0 Å². The largest absolute Gasteiger partial charge is 0.352 e. The molecule has 3 rings (SSSR count). The predicted octanol–water partition coefficient (Wildman–Crippen LogP) is 5.62. The Bertz CT molecular complexity index is 1420. The Kier molecular flexibility index (Phi) is 11.0. The highest BCUT2D eigenvalue weighted by Crippen LogP contribution is 2.29. The van der Waals surface area contributed by atoms with Gasteiger partial charge in [-0.2, -0.15) is 0 Å². The standard InChI is InChI=1S/C30H35Cl2N3O4S/c1-5-22(3)33-30(37)28(17-23-9-7-6-8-10-23)34(19-24-13-11-21(2)12-14-24)29(36)20-35(40(4,38)39)25-15-16-26(31)27(32)18-25/h6-16,18,22,28H,5,17,19-20H2,1-4H3,(H,33,37)/t22-,28+/m1/s1. The Morgan fingerprint density at radius 1 is 0.925 bits per heavy atom. The molecule has 0 saturated heterocycles. The summed E-state index contributed by atoms with van der Waals surface area (Å²) in [7, 11) is -3.90. The van der Waals surface area contributed by atoms with E-state index in [0.717, 1.165) is 33.7 Å². The van der Waals surface area contributed by atoms with E-state index in [1.807, 2.05) is 75.4 Å². The zero-order valence-corrected chi connectivity index (χ0v) is 25.4. The molecular weight excluding hydrogens is 569 g/mol. The molecule has 0 saturated carbocycles. The first-order valence-corrected chi connectivity index (χ1v) is 15.6. The maximum atomic E-state index is 14.1. The van der Waals surface area contributed by atoms with Crippen LogP contribution in [0.2, 0.25) is 10.0 Å². The van der Waals surface area contributed by atoms with Gasteiger partial charge in [-0.25, -0.2) is 8.42 Å². The maximum Gasteiger partial charge on any atom is 0.244 e. The van der Waals surface area contributed by atoms with Crippen molar-refractivity contribution in [3.63, 3.8) is 0 Å². The molecule has 2 atom stereocenters. The van der Waals surface area contributed by atoms with Gasteiger partial charge < -0.3 is 10.2 Å². The van der Waals surface area contributed by atoms with Crippen molar-refractivity contribution in [3.05, 3.63) is 99.5 Å². The van der Waals surface area contributed by atoms with Gasteiger partial charge in [0, 0.05) is 19.0 Å². The van der Waals surface area contributed by atoms with Crippen LogP contribution in [0.25, 0.3) is 0 Å². The van der Waals surface area contributed by atoms with Crippen molar-refractivity contribution in [2.45, 2.75) is 52.2 Å². The van der Waals surface area contributed by atoms with E-state index in [1.54, 1.807) is 0 Å². The highest BCUT2D eigenvalue weighted by Gasteiger charge is 2.33. The summed E-state index contributed by atoms with van der Waals surface area (Å²) < 4.78 is 26.7. The lowest BCUT2D eigenvalue weighted by Gasteiger charge is -2.34. The smallest absolute Gasteiger partial charge is 0.244 e.